The molecule has 0 saturated heterocycles. The van der Waals surface area contributed by atoms with E-state index in [-0.39, 0.29) is 6.04 Å². The van der Waals surface area contributed by atoms with Crippen LogP contribution in [0.1, 0.15) is 22.7 Å². The molecule has 0 fully saturated rings. The fourth-order valence-corrected chi connectivity index (χ4v) is 1.50. The lowest BCUT2D eigenvalue weighted by Gasteiger charge is -2.15. The molecular weight excluding hydrogens is 160 g/mol. The highest BCUT2D eigenvalue weighted by molar-refractivity contribution is 5.39. The molecule has 1 rings (SSSR count). The molecule has 0 aliphatic carbocycles. The van der Waals surface area contributed by atoms with Gasteiger partial charge in [-0.05, 0) is 30.5 Å². The number of hydrazine groups is 1. The van der Waals surface area contributed by atoms with Crippen molar-refractivity contribution in [2.75, 3.05) is 0 Å². The van der Waals surface area contributed by atoms with E-state index >= 15 is 0 Å². The first-order valence-electron chi connectivity index (χ1n) is 4.19. The molecule has 1 atom stereocenters. The predicted octanol–water partition coefficient (Wildman–Crippen LogP) is 1.44. The van der Waals surface area contributed by atoms with Gasteiger partial charge < -0.3 is 0 Å². The lowest BCUT2D eigenvalue weighted by Crippen LogP contribution is -2.27. The third kappa shape index (κ3) is 1.89. The standard InChI is InChI=1S/C11H14N2/c1-4-10(13-12)11-8(2)6-5-7-9(11)3/h1,5-7,10,13H,12H2,2-3H3. The number of rotatable bonds is 2. The Morgan fingerprint density at radius 3 is 2.31 bits per heavy atom. The molecule has 0 heterocycles. The van der Waals surface area contributed by atoms with Crippen LogP contribution in [0.3, 0.4) is 0 Å². The van der Waals surface area contributed by atoms with Crippen LogP contribution in [0.2, 0.25) is 0 Å². The maximum atomic E-state index is 5.36. The molecule has 0 amide bonds. The molecule has 1 aromatic carbocycles. The van der Waals surface area contributed by atoms with Gasteiger partial charge in [-0.2, -0.15) is 0 Å². The van der Waals surface area contributed by atoms with E-state index < -0.39 is 0 Å². The summed E-state index contributed by atoms with van der Waals surface area (Å²) in [5.74, 6) is 7.97. The Balaban J connectivity index is 3.20. The van der Waals surface area contributed by atoms with Crippen molar-refractivity contribution in [2.24, 2.45) is 5.84 Å². The Labute approximate surface area is 79.1 Å². The zero-order chi connectivity index (χ0) is 9.84. The molecule has 1 aromatic rings. The quantitative estimate of drug-likeness (QED) is 0.404. The summed E-state index contributed by atoms with van der Waals surface area (Å²) in [4.78, 5) is 0. The summed E-state index contributed by atoms with van der Waals surface area (Å²) in [5, 5.41) is 0. The average Bonchev–Trinajstić information content (AvgIpc) is 2.11. The van der Waals surface area contributed by atoms with Gasteiger partial charge in [0.1, 0.15) is 6.04 Å². The molecular formula is C11H14N2. The van der Waals surface area contributed by atoms with Gasteiger partial charge in [-0.25, -0.2) is 5.43 Å². The van der Waals surface area contributed by atoms with Crippen LogP contribution in [0, 0.1) is 26.2 Å². The first kappa shape index (κ1) is 9.79. The van der Waals surface area contributed by atoms with Gasteiger partial charge in [0.2, 0.25) is 0 Å². The van der Waals surface area contributed by atoms with Crippen LogP contribution in [0.5, 0.6) is 0 Å². The SMILES string of the molecule is C#CC(NN)c1c(C)cccc1C. The summed E-state index contributed by atoms with van der Waals surface area (Å²) in [6.07, 6.45) is 5.36. The van der Waals surface area contributed by atoms with E-state index in [2.05, 4.69) is 11.3 Å². The molecule has 0 radical (unpaired) electrons. The molecule has 0 aliphatic rings. The minimum Gasteiger partial charge on any atom is -0.270 e. The summed E-state index contributed by atoms with van der Waals surface area (Å²) >= 11 is 0. The molecule has 13 heavy (non-hydrogen) atoms. The number of hydrogen-bond donors (Lipinski definition) is 2. The Kier molecular flexibility index (Phi) is 3.07. The minimum atomic E-state index is -0.193. The third-order valence-electron chi connectivity index (χ3n) is 2.16. The minimum absolute atomic E-state index is 0.193. The van der Waals surface area contributed by atoms with Gasteiger partial charge in [0.25, 0.3) is 0 Å². The van der Waals surface area contributed by atoms with Crippen molar-refractivity contribution in [3.63, 3.8) is 0 Å². The number of benzene rings is 1. The van der Waals surface area contributed by atoms with E-state index in [4.69, 9.17) is 12.3 Å². The normalized spacial score (nSPS) is 12.2. The Hall–Kier alpha value is -1.30. The molecule has 0 aliphatic heterocycles. The highest BCUT2D eigenvalue weighted by Crippen LogP contribution is 2.20. The average molecular weight is 174 g/mol. The van der Waals surface area contributed by atoms with Crippen molar-refractivity contribution in [3.05, 3.63) is 34.9 Å². The molecule has 1 unspecified atom stereocenters. The molecule has 2 nitrogen and oxygen atoms in total. The summed E-state index contributed by atoms with van der Waals surface area (Å²) in [5.41, 5.74) is 6.05. The number of hydrogen-bond acceptors (Lipinski definition) is 2. The van der Waals surface area contributed by atoms with Crippen LogP contribution in [0.25, 0.3) is 0 Å². The summed E-state index contributed by atoms with van der Waals surface area (Å²) in [7, 11) is 0. The Morgan fingerprint density at radius 2 is 1.92 bits per heavy atom. The largest absolute Gasteiger partial charge is 0.270 e. The molecule has 0 saturated carbocycles. The zero-order valence-corrected chi connectivity index (χ0v) is 7.96. The second-order valence-electron chi connectivity index (χ2n) is 3.07. The van der Waals surface area contributed by atoms with E-state index in [0.29, 0.717) is 0 Å². The van der Waals surface area contributed by atoms with Gasteiger partial charge in [0.15, 0.2) is 0 Å². The van der Waals surface area contributed by atoms with E-state index in [1.165, 1.54) is 11.1 Å². The van der Waals surface area contributed by atoms with Gasteiger partial charge >= 0.3 is 0 Å². The van der Waals surface area contributed by atoms with Gasteiger partial charge in [0.05, 0.1) is 0 Å². The molecule has 0 aromatic heterocycles. The lowest BCUT2D eigenvalue weighted by molar-refractivity contribution is 0.666. The van der Waals surface area contributed by atoms with Crippen molar-refractivity contribution < 1.29 is 0 Å². The molecule has 2 heteroatoms. The molecule has 3 N–H and O–H groups in total. The van der Waals surface area contributed by atoms with Crippen LogP contribution in [0.4, 0.5) is 0 Å². The van der Waals surface area contributed by atoms with Gasteiger partial charge in [-0.3, -0.25) is 5.84 Å². The van der Waals surface area contributed by atoms with Crippen LogP contribution >= 0.6 is 0 Å². The number of nitrogens with one attached hydrogen (secondary N) is 1. The second kappa shape index (κ2) is 4.08. The predicted molar refractivity (Wildman–Crippen MR) is 54.8 cm³/mol. The first-order chi connectivity index (χ1) is 6.20. The number of nitrogens with two attached hydrogens (primary N) is 1. The zero-order valence-electron chi connectivity index (χ0n) is 7.96. The summed E-state index contributed by atoms with van der Waals surface area (Å²) < 4.78 is 0. The van der Waals surface area contributed by atoms with Crippen molar-refractivity contribution in [3.8, 4) is 12.3 Å². The number of terminal acetylenes is 1. The van der Waals surface area contributed by atoms with Crippen LogP contribution < -0.4 is 11.3 Å². The lowest BCUT2D eigenvalue weighted by atomic mass is 9.97. The fraction of sp³-hybridized carbons (Fsp3) is 0.273. The summed E-state index contributed by atoms with van der Waals surface area (Å²) in [6, 6.07) is 5.88. The van der Waals surface area contributed by atoms with Crippen molar-refractivity contribution in [1.82, 2.24) is 5.43 Å². The maximum Gasteiger partial charge on any atom is 0.107 e. The maximum absolute atomic E-state index is 5.36. The Morgan fingerprint density at radius 1 is 1.38 bits per heavy atom. The molecule has 0 spiro atoms. The highest BCUT2D eigenvalue weighted by atomic mass is 15.2. The van der Waals surface area contributed by atoms with E-state index in [1.54, 1.807) is 0 Å². The molecule has 68 valence electrons. The molecule has 0 bridgehead atoms. The van der Waals surface area contributed by atoms with Crippen molar-refractivity contribution in [1.29, 1.82) is 0 Å². The van der Waals surface area contributed by atoms with Gasteiger partial charge in [0, 0.05) is 0 Å². The van der Waals surface area contributed by atoms with E-state index in [9.17, 15) is 0 Å². The second-order valence-corrected chi connectivity index (χ2v) is 3.07. The van der Waals surface area contributed by atoms with Gasteiger partial charge in [-0.15, -0.1) is 6.42 Å². The first-order valence-corrected chi connectivity index (χ1v) is 4.19. The Bertz CT molecular complexity index is 316. The van der Waals surface area contributed by atoms with E-state index in [1.807, 2.05) is 32.0 Å². The van der Waals surface area contributed by atoms with Crippen molar-refractivity contribution in [2.45, 2.75) is 19.9 Å². The summed E-state index contributed by atoms with van der Waals surface area (Å²) in [6.45, 7) is 4.06. The van der Waals surface area contributed by atoms with Crippen LogP contribution in [-0.2, 0) is 0 Å². The van der Waals surface area contributed by atoms with Crippen LogP contribution in [-0.4, -0.2) is 0 Å². The topological polar surface area (TPSA) is 38.0 Å². The highest BCUT2D eigenvalue weighted by Gasteiger charge is 2.10. The fourth-order valence-electron chi connectivity index (χ4n) is 1.50. The van der Waals surface area contributed by atoms with Crippen molar-refractivity contribution >= 4 is 0 Å². The number of aryl methyl sites for hydroxylation is 2. The smallest absolute Gasteiger partial charge is 0.107 e. The van der Waals surface area contributed by atoms with E-state index in [0.717, 1.165) is 5.56 Å². The third-order valence-corrected chi connectivity index (χ3v) is 2.16. The van der Waals surface area contributed by atoms with Gasteiger partial charge in [-0.1, -0.05) is 24.1 Å². The monoisotopic (exact) mass is 174 g/mol. The van der Waals surface area contributed by atoms with Crippen LogP contribution in [0.15, 0.2) is 18.2 Å².